The summed E-state index contributed by atoms with van der Waals surface area (Å²) in [7, 11) is 0. The summed E-state index contributed by atoms with van der Waals surface area (Å²) in [5.74, 6) is -1.29. The van der Waals surface area contributed by atoms with E-state index in [9.17, 15) is 19.7 Å². The number of nitrogens with one attached hydrogen (secondary N) is 1. The lowest BCUT2D eigenvalue weighted by atomic mass is 10.2. The number of thiazole rings is 1. The molecule has 0 radical (unpaired) electrons. The minimum Gasteiger partial charge on any atom is -0.452 e. The third-order valence-electron chi connectivity index (χ3n) is 3.82. The molecule has 0 bridgehead atoms. The number of carbonyl (C=O) groups is 2. The molecule has 0 spiro atoms. The van der Waals surface area contributed by atoms with Gasteiger partial charge in [-0.3, -0.25) is 24.7 Å². The molecule has 10 heteroatoms. The number of amides is 1. The normalized spacial score (nSPS) is 11.5. The van der Waals surface area contributed by atoms with Crippen LogP contribution in [0, 0.1) is 10.1 Å². The highest BCUT2D eigenvalue weighted by molar-refractivity contribution is 7.13. The number of hydrogen-bond donors (Lipinski definition) is 1. The van der Waals surface area contributed by atoms with Crippen molar-refractivity contribution in [1.82, 2.24) is 9.97 Å². The molecule has 0 unspecified atom stereocenters. The van der Waals surface area contributed by atoms with Crippen molar-refractivity contribution in [2.75, 3.05) is 5.32 Å². The van der Waals surface area contributed by atoms with E-state index in [-0.39, 0.29) is 17.8 Å². The van der Waals surface area contributed by atoms with Crippen LogP contribution < -0.4 is 5.32 Å². The van der Waals surface area contributed by atoms with Crippen LogP contribution in [0.25, 0.3) is 10.6 Å². The number of pyridine rings is 1. The van der Waals surface area contributed by atoms with Crippen LogP contribution in [0.2, 0.25) is 0 Å². The van der Waals surface area contributed by atoms with Crippen molar-refractivity contribution < 1.29 is 19.2 Å². The molecular formula is C19H16N4O5S. The Kier molecular flexibility index (Phi) is 6.25. The van der Waals surface area contributed by atoms with E-state index < -0.39 is 22.9 Å². The first-order valence-corrected chi connectivity index (χ1v) is 9.40. The molecular weight excluding hydrogens is 396 g/mol. The Balaban J connectivity index is 1.57. The number of rotatable bonds is 7. The number of ether oxygens (including phenoxy) is 1. The van der Waals surface area contributed by atoms with Gasteiger partial charge in [-0.1, -0.05) is 12.1 Å². The van der Waals surface area contributed by atoms with Crippen molar-refractivity contribution in [3.63, 3.8) is 0 Å². The van der Waals surface area contributed by atoms with Gasteiger partial charge < -0.3 is 10.1 Å². The quantitative estimate of drug-likeness (QED) is 0.359. The number of esters is 1. The lowest BCUT2D eigenvalue weighted by Gasteiger charge is -2.13. The zero-order valence-corrected chi connectivity index (χ0v) is 16.1. The lowest BCUT2D eigenvalue weighted by Crippen LogP contribution is -2.30. The molecule has 9 nitrogen and oxygen atoms in total. The first-order valence-electron chi connectivity index (χ1n) is 8.52. The van der Waals surface area contributed by atoms with Gasteiger partial charge in [0.2, 0.25) is 0 Å². The first-order chi connectivity index (χ1) is 13.9. The number of anilines is 1. The van der Waals surface area contributed by atoms with Crippen molar-refractivity contribution >= 4 is 34.6 Å². The Morgan fingerprint density at radius 2 is 2.07 bits per heavy atom. The smallest absolute Gasteiger partial charge is 0.312 e. The summed E-state index contributed by atoms with van der Waals surface area (Å²) in [6.45, 7) is 1.39. The standard InChI is InChI=1S/C19H16N4O5S/c1-12(18(25)22-15-6-2-3-7-16(15)23(26)27)28-17(24)9-14-11-29-19(21-14)13-5-4-8-20-10-13/h2-8,10-12H,9H2,1H3,(H,22,25)/t12-/m1/s1. The summed E-state index contributed by atoms with van der Waals surface area (Å²) in [4.78, 5) is 43.2. The molecule has 0 fully saturated rings. The Labute approximate surface area is 169 Å². The van der Waals surface area contributed by atoms with Crippen molar-refractivity contribution in [2.24, 2.45) is 0 Å². The predicted molar refractivity (Wildman–Crippen MR) is 106 cm³/mol. The maximum Gasteiger partial charge on any atom is 0.312 e. The molecule has 1 amide bonds. The number of para-hydroxylation sites is 2. The molecule has 3 aromatic rings. The van der Waals surface area contributed by atoms with E-state index in [0.717, 1.165) is 10.6 Å². The van der Waals surface area contributed by atoms with E-state index in [1.165, 1.54) is 36.5 Å². The monoisotopic (exact) mass is 412 g/mol. The summed E-state index contributed by atoms with van der Waals surface area (Å²) in [6, 6.07) is 9.38. The van der Waals surface area contributed by atoms with Gasteiger partial charge in [0.15, 0.2) is 6.10 Å². The minimum atomic E-state index is -1.13. The van der Waals surface area contributed by atoms with E-state index in [2.05, 4.69) is 15.3 Å². The molecule has 2 aromatic heterocycles. The van der Waals surface area contributed by atoms with Crippen LogP contribution in [0.4, 0.5) is 11.4 Å². The molecule has 0 saturated carbocycles. The molecule has 0 aliphatic heterocycles. The van der Waals surface area contributed by atoms with E-state index in [4.69, 9.17) is 4.74 Å². The van der Waals surface area contributed by atoms with Gasteiger partial charge in [-0.2, -0.15) is 0 Å². The average Bonchev–Trinajstić information content (AvgIpc) is 3.17. The Bertz CT molecular complexity index is 1040. The number of hydrogen-bond acceptors (Lipinski definition) is 8. The molecule has 29 heavy (non-hydrogen) atoms. The number of nitro groups is 1. The first kappa shape index (κ1) is 20.1. The van der Waals surface area contributed by atoms with Gasteiger partial charge in [0.1, 0.15) is 10.7 Å². The lowest BCUT2D eigenvalue weighted by molar-refractivity contribution is -0.383. The van der Waals surface area contributed by atoms with Crippen LogP contribution in [0.5, 0.6) is 0 Å². The van der Waals surface area contributed by atoms with Gasteiger partial charge in [-0.25, -0.2) is 4.98 Å². The summed E-state index contributed by atoms with van der Waals surface area (Å²) >= 11 is 1.37. The molecule has 1 atom stereocenters. The summed E-state index contributed by atoms with van der Waals surface area (Å²) < 4.78 is 5.14. The van der Waals surface area contributed by atoms with Crippen molar-refractivity contribution in [3.05, 3.63) is 70.0 Å². The van der Waals surface area contributed by atoms with Crippen LogP contribution >= 0.6 is 11.3 Å². The van der Waals surface area contributed by atoms with Crippen LogP contribution in [-0.2, 0) is 20.7 Å². The van der Waals surface area contributed by atoms with Crippen molar-refractivity contribution in [3.8, 4) is 10.6 Å². The Morgan fingerprint density at radius 3 is 2.79 bits per heavy atom. The highest BCUT2D eigenvalue weighted by Gasteiger charge is 2.22. The number of aromatic nitrogens is 2. The maximum absolute atomic E-state index is 12.2. The topological polar surface area (TPSA) is 124 Å². The van der Waals surface area contributed by atoms with Gasteiger partial charge in [0.25, 0.3) is 11.6 Å². The molecule has 0 saturated heterocycles. The molecule has 3 rings (SSSR count). The van der Waals surface area contributed by atoms with Crippen molar-refractivity contribution in [1.29, 1.82) is 0 Å². The minimum absolute atomic E-state index is 0.0333. The Hall–Kier alpha value is -3.66. The fourth-order valence-corrected chi connectivity index (χ4v) is 3.23. The number of nitro benzene ring substituents is 1. The highest BCUT2D eigenvalue weighted by atomic mass is 32.1. The van der Waals surface area contributed by atoms with Gasteiger partial charge >= 0.3 is 5.97 Å². The van der Waals surface area contributed by atoms with Crippen LogP contribution in [0.15, 0.2) is 54.2 Å². The second-order valence-electron chi connectivity index (χ2n) is 5.96. The van der Waals surface area contributed by atoms with E-state index in [0.29, 0.717) is 5.69 Å². The zero-order chi connectivity index (χ0) is 20.8. The largest absolute Gasteiger partial charge is 0.452 e. The number of carbonyl (C=O) groups excluding carboxylic acids is 2. The SMILES string of the molecule is C[C@@H](OC(=O)Cc1csc(-c2cccnc2)n1)C(=O)Nc1ccccc1[N+](=O)[O-]. The van der Waals surface area contributed by atoms with Gasteiger partial charge in [-0.15, -0.1) is 11.3 Å². The fraction of sp³-hybridized carbons (Fsp3) is 0.158. The second-order valence-corrected chi connectivity index (χ2v) is 6.82. The Morgan fingerprint density at radius 1 is 1.28 bits per heavy atom. The zero-order valence-electron chi connectivity index (χ0n) is 15.3. The molecule has 0 aliphatic carbocycles. The van der Waals surface area contributed by atoms with Crippen LogP contribution in [0.3, 0.4) is 0 Å². The number of benzene rings is 1. The van der Waals surface area contributed by atoms with Crippen molar-refractivity contribution in [2.45, 2.75) is 19.4 Å². The van der Waals surface area contributed by atoms with Gasteiger partial charge in [0, 0.05) is 29.4 Å². The number of nitrogens with zero attached hydrogens (tertiary/aromatic N) is 3. The molecule has 1 N–H and O–H groups in total. The molecule has 2 heterocycles. The summed E-state index contributed by atoms with van der Waals surface area (Å²) in [6.07, 6.45) is 2.11. The third kappa shape index (κ3) is 5.20. The van der Waals surface area contributed by atoms with Gasteiger partial charge in [0.05, 0.1) is 17.0 Å². The van der Waals surface area contributed by atoms with Crippen LogP contribution in [-0.4, -0.2) is 32.9 Å². The summed E-state index contributed by atoms with van der Waals surface area (Å²) in [5.41, 5.74) is 1.15. The maximum atomic E-state index is 12.2. The van der Waals surface area contributed by atoms with Gasteiger partial charge in [-0.05, 0) is 25.1 Å². The fourth-order valence-electron chi connectivity index (χ4n) is 2.42. The highest BCUT2D eigenvalue weighted by Crippen LogP contribution is 2.24. The van der Waals surface area contributed by atoms with E-state index in [1.807, 2.05) is 6.07 Å². The molecule has 0 aliphatic rings. The molecule has 1 aromatic carbocycles. The average molecular weight is 412 g/mol. The third-order valence-corrected chi connectivity index (χ3v) is 4.76. The second kappa shape index (κ2) is 9.02. The van der Waals surface area contributed by atoms with E-state index >= 15 is 0 Å². The van der Waals surface area contributed by atoms with E-state index in [1.54, 1.807) is 29.9 Å². The molecule has 148 valence electrons. The summed E-state index contributed by atoms with van der Waals surface area (Å²) in [5, 5.41) is 15.9. The predicted octanol–water partition coefficient (Wildman–Crippen LogP) is 3.23. The van der Waals surface area contributed by atoms with Crippen LogP contribution in [0.1, 0.15) is 12.6 Å².